The Labute approximate surface area is 104 Å². The SMILES string of the molecule is CC(C)N1CCC(N)C1c1ccc(C(F)(F)F)o1. The number of likely N-dealkylation sites (tertiary alicyclic amines) is 1. The fourth-order valence-corrected chi connectivity index (χ4v) is 2.46. The van der Waals surface area contributed by atoms with Crippen molar-refractivity contribution < 1.29 is 17.6 Å². The summed E-state index contributed by atoms with van der Waals surface area (Å²) in [5.41, 5.74) is 5.97. The number of hydrogen-bond donors (Lipinski definition) is 1. The highest BCUT2D eigenvalue weighted by atomic mass is 19.4. The summed E-state index contributed by atoms with van der Waals surface area (Å²) < 4.78 is 42.4. The van der Waals surface area contributed by atoms with E-state index in [0.717, 1.165) is 19.0 Å². The first-order valence-electron chi connectivity index (χ1n) is 5.99. The van der Waals surface area contributed by atoms with E-state index in [0.29, 0.717) is 5.76 Å². The molecule has 1 fully saturated rings. The predicted molar refractivity (Wildman–Crippen MR) is 60.9 cm³/mol. The van der Waals surface area contributed by atoms with Gasteiger partial charge in [0.25, 0.3) is 0 Å². The molecule has 2 unspecified atom stereocenters. The fourth-order valence-electron chi connectivity index (χ4n) is 2.46. The Kier molecular flexibility index (Phi) is 3.42. The molecular formula is C12H17F3N2O. The Hall–Kier alpha value is -1.01. The summed E-state index contributed by atoms with van der Waals surface area (Å²) >= 11 is 0. The Morgan fingerprint density at radius 2 is 2.06 bits per heavy atom. The van der Waals surface area contributed by atoms with Crippen LogP contribution in [0.5, 0.6) is 0 Å². The van der Waals surface area contributed by atoms with Crippen molar-refractivity contribution in [3.8, 4) is 0 Å². The first-order chi connectivity index (χ1) is 8.30. The van der Waals surface area contributed by atoms with E-state index in [9.17, 15) is 13.2 Å². The topological polar surface area (TPSA) is 42.4 Å². The van der Waals surface area contributed by atoms with Gasteiger partial charge in [0.1, 0.15) is 5.76 Å². The standard InChI is InChI=1S/C12H17F3N2O/c1-7(2)17-6-5-8(16)11(17)9-3-4-10(18-9)12(13,14)15/h3-4,7-8,11H,5-6,16H2,1-2H3. The molecule has 0 saturated carbocycles. The average molecular weight is 262 g/mol. The normalized spacial score (nSPS) is 26.2. The monoisotopic (exact) mass is 262 g/mol. The number of nitrogens with two attached hydrogens (primary N) is 1. The first-order valence-corrected chi connectivity index (χ1v) is 5.99. The van der Waals surface area contributed by atoms with Gasteiger partial charge in [-0.25, -0.2) is 0 Å². The molecule has 0 bridgehead atoms. The largest absolute Gasteiger partial charge is 0.455 e. The third-order valence-corrected chi connectivity index (χ3v) is 3.34. The van der Waals surface area contributed by atoms with E-state index < -0.39 is 11.9 Å². The summed E-state index contributed by atoms with van der Waals surface area (Å²) in [5.74, 6) is -0.652. The van der Waals surface area contributed by atoms with Gasteiger partial charge in [-0.05, 0) is 32.4 Å². The highest BCUT2D eigenvalue weighted by Gasteiger charge is 2.40. The maximum atomic E-state index is 12.5. The zero-order valence-electron chi connectivity index (χ0n) is 10.4. The average Bonchev–Trinajstić information content (AvgIpc) is 2.81. The summed E-state index contributed by atoms with van der Waals surface area (Å²) in [6.45, 7) is 4.78. The van der Waals surface area contributed by atoms with Gasteiger partial charge in [-0.3, -0.25) is 4.90 Å². The quantitative estimate of drug-likeness (QED) is 0.891. The summed E-state index contributed by atoms with van der Waals surface area (Å²) in [6, 6.07) is 2.14. The van der Waals surface area contributed by atoms with Crippen LogP contribution in [0.2, 0.25) is 0 Å². The second-order valence-electron chi connectivity index (χ2n) is 4.93. The van der Waals surface area contributed by atoms with Crippen LogP contribution in [0.15, 0.2) is 16.5 Å². The predicted octanol–water partition coefficient (Wildman–Crippen LogP) is 2.78. The van der Waals surface area contributed by atoms with Crippen LogP contribution >= 0.6 is 0 Å². The van der Waals surface area contributed by atoms with E-state index in [-0.39, 0.29) is 18.1 Å². The second-order valence-corrected chi connectivity index (χ2v) is 4.93. The van der Waals surface area contributed by atoms with Crippen molar-refractivity contribution in [2.75, 3.05) is 6.54 Å². The number of furan rings is 1. The van der Waals surface area contributed by atoms with Gasteiger partial charge in [-0.1, -0.05) is 0 Å². The van der Waals surface area contributed by atoms with E-state index in [1.807, 2.05) is 13.8 Å². The number of nitrogens with zero attached hydrogens (tertiary/aromatic N) is 1. The molecule has 3 nitrogen and oxygen atoms in total. The number of hydrogen-bond acceptors (Lipinski definition) is 3. The lowest BCUT2D eigenvalue weighted by atomic mass is 10.1. The number of rotatable bonds is 2. The van der Waals surface area contributed by atoms with Crippen molar-refractivity contribution in [1.82, 2.24) is 4.90 Å². The van der Waals surface area contributed by atoms with Crippen LogP contribution in [0.3, 0.4) is 0 Å². The Morgan fingerprint density at radius 1 is 1.39 bits per heavy atom. The van der Waals surface area contributed by atoms with Crippen LogP contribution in [0.1, 0.15) is 37.8 Å². The van der Waals surface area contributed by atoms with Gasteiger partial charge in [0, 0.05) is 18.6 Å². The molecule has 2 N–H and O–H groups in total. The highest BCUT2D eigenvalue weighted by Crippen LogP contribution is 2.37. The summed E-state index contributed by atoms with van der Waals surface area (Å²) in [7, 11) is 0. The minimum atomic E-state index is -4.44. The number of halogens is 3. The minimum absolute atomic E-state index is 0.181. The zero-order valence-corrected chi connectivity index (χ0v) is 10.4. The molecule has 0 radical (unpaired) electrons. The molecule has 0 aliphatic carbocycles. The molecule has 6 heteroatoms. The molecule has 1 aliphatic heterocycles. The minimum Gasteiger partial charge on any atom is -0.455 e. The van der Waals surface area contributed by atoms with Crippen LogP contribution in [-0.2, 0) is 6.18 Å². The van der Waals surface area contributed by atoms with Gasteiger partial charge >= 0.3 is 6.18 Å². The maximum absolute atomic E-state index is 12.5. The molecule has 2 rings (SSSR count). The zero-order chi connectivity index (χ0) is 13.5. The van der Waals surface area contributed by atoms with E-state index in [2.05, 4.69) is 4.90 Å². The van der Waals surface area contributed by atoms with Crippen molar-refractivity contribution in [3.63, 3.8) is 0 Å². The van der Waals surface area contributed by atoms with Gasteiger partial charge in [0.2, 0.25) is 5.76 Å². The molecule has 1 aromatic rings. The summed E-state index contributed by atoms with van der Waals surface area (Å²) in [5, 5.41) is 0. The van der Waals surface area contributed by atoms with Gasteiger partial charge in [0.15, 0.2) is 0 Å². The van der Waals surface area contributed by atoms with E-state index in [1.165, 1.54) is 6.07 Å². The van der Waals surface area contributed by atoms with Crippen LogP contribution < -0.4 is 5.73 Å². The summed E-state index contributed by atoms with van der Waals surface area (Å²) in [4.78, 5) is 2.07. The molecule has 1 aromatic heterocycles. The highest BCUT2D eigenvalue weighted by molar-refractivity contribution is 5.16. The van der Waals surface area contributed by atoms with E-state index >= 15 is 0 Å². The van der Waals surface area contributed by atoms with Crippen LogP contribution in [0.4, 0.5) is 13.2 Å². The smallest absolute Gasteiger partial charge is 0.449 e. The molecule has 2 atom stereocenters. The molecule has 0 aromatic carbocycles. The molecular weight excluding hydrogens is 245 g/mol. The molecule has 2 heterocycles. The van der Waals surface area contributed by atoms with E-state index in [1.54, 1.807) is 0 Å². The third kappa shape index (κ3) is 2.40. The Bertz CT molecular complexity index is 414. The molecule has 1 saturated heterocycles. The third-order valence-electron chi connectivity index (χ3n) is 3.34. The molecule has 1 aliphatic rings. The second kappa shape index (κ2) is 4.59. The van der Waals surface area contributed by atoms with Gasteiger partial charge in [0.05, 0.1) is 6.04 Å². The van der Waals surface area contributed by atoms with Crippen LogP contribution in [-0.4, -0.2) is 23.5 Å². The molecule has 0 spiro atoms. The number of alkyl halides is 3. The molecule has 0 amide bonds. The first kappa shape index (κ1) is 13.4. The van der Waals surface area contributed by atoms with Crippen molar-refractivity contribution in [3.05, 3.63) is 23.7 Å². The lowest BCUT2D eigenvalue weighted by Gasteiger charge is -2.28. The maximum Gasteiger partial charge on any atom is 0.449 e. The fraction of sp³-hybridized carbons (Fsp3) is 0.667. The summed E-state index contributed by atoms with van der Waals surface area (Å²) in [6.07, 6.45) is -3.67. The van der Waals surface area contributed by atoms with E-state index in [4.69, 9.17) is 10.2 Å². The Balaban J connectivity index is 2.27. The van der Waals surface area contributed by atoms with Gasteiger partial charge < -0.3 is 10.2 Å². The molecule has 18 heavy (non-hydrogen) atoms. The van der Waals surface area contributed by atoms with Crippen molar-refractivity contribution in [1.29, 1.82) is 0 Å². The molecule has 102 valence electrons. The van der Waals surface area contributed by atoms with Crippen LogP contribution in [0.25, 0.3) is 0 Å². The van der Waals surface area contributed by atoms with Gasteiger partial charge in [-0.2, -0.15) is 13.2 Å². The van der Waals surface area contributed by atoms with Crippen molar-refractivity contribution in [2.45, 2.75) is 44.6 Å². The Morgan fingerprint density at radius 3 is 2.56 bits per heavy atom. The van der Waals surface area contributed by atoms with Crippen molar-refractivity contribution in [2.24, 2.45) is 5.73 Å². The lowest BCUT2D eigenvalue weighted by molar-refractivity contribution is -0.153. The van der Waals surface area contributed by atoms with Gasteiger partial charge in [-0.15, -0.1) is 0 Å². The van der Waals surface area contributed by atoms with Crippen molar-refractivity contribution >= 4 is 0 Å². The van der Waals surface area contributed by atoms with Crippen LogP contribution in [0, 0.1) is 0 Å². The lowest BCUT2D eigenvalue weighted by Crippen LogP contribution is -2.35.